The van der Waals surface area contributed by atoms with E-state index >= 15 is 0 Å². The molecule has 2 aliphatic rings. The van der Waals surface area contributed by atoms with Gasteiger partial charge in [-0.2, -0.15) is 26.3 Å². The van der Waals surface area contributed by atoms with E-state index in [1.165, 1.54) is 16.7 Å². The van der Waals surface area contributed by atoms with Crippen LogP contribution in [0.15, 0.2) is 98.7 Å². The first-order chi connectivity index (χ1) is 18.8. The number of fused-ring (bicyclic) bond motifs is 1. The zero-order chi connectivity index (χ0) is 28.9. The van der Waals surface area contributed by atoms with Crippen LogP contribution in [-0.2, 0) is 16.9 Å². The van der Waals surface area contributed by atoms with Gasteiger partial charge in [0.1, 0.15) is 4.91 Å². The molecule has 40 heavy (non-hydrogen) atoms. The normalized spacial score (nSPS) is 19.1. The van der Waals surface area contributed by atoms with Gasteiger partial charge >= 0.3 is 12.4 Å². The molecule has 1 amide bonds. The zero-order valence-electron chi connectivity index (χ0n) is 20.5. The molecule has 208 valence electrons. The lowest BCUT2D eigenvalue weighted by atomic mass is 9.92. The molecular formula is C27H19F6N3O2S2. The number of carbonyl (C=O) groups is 1. The summed E-state index contributed by atoms with van der Waals surface area (Å²) in [6, 6.07) is 19.6. The van der Waals surface area contributed by atoms with Crippen LogP contribution in [0.4, 0.5) is 37.7 Å². The highest BCUT2D eigenvalue weighted by molar-refractivity contribution is 8.19. The van der Waals surface area contributed by atoms with Crippen LogP contribution in [0.2, 0.25) is 0 Å². The van der Waals surface area contributed by atoms with E-state index in [1.54, 1.807) is 12.1 Å². The number of alkyl halides is 6. The average Bonchev–Trinajstić information content (AvgIpc) is 3.39. The predicted molar refractivity (Wildman–Crippen MR) is 142 cm³/mol. The van der Waals surface area contributed by atoms with Crippen molar-refractivity contribution in [1.29, 1.82) is 0 Å². The summed E-state index contributed by atoms with van der Waals surface area (Å²) in [4.78, 5) is 22.7. The fourth-order valence-corrected chi connectivity index (χ4v) is 6.54. The number of hydrogen-bond acceptors (Lipinski definition) is 6. The molecule has 0 aliphatic carbocycles. The number of nitrogens with zero attached hydrogens (tertiary/aromatic N) is 3. The van der Waals surface area contributed by atoms with Gasteiger partial charge in [0.05, 0.1) is 22.9 Å². The maximum atomic E-state index is 13.6. The third-order valence-corrected chi connectivity index (χ3v) is 8.74. The molecule has 2 aliphatic heterocycles. The van der Waals surface area contributed by atoms with Gasteiger partial charge in [-0.05, 0) is 41.6 Å². The first kappa shape index (κ1) is 28.1. The summed E-state index contributed by atoms with van der Waals surface area (Å²) in [5, 5.41) is 10.6. The molecule has 0 radical (unpaired) electrons. The first-order valence-electron chi connectivity index (χ1n) is 11.6. The number of thioether (sulfide) groups is 2. The Hall–Kier alpha value is -3.42. The summed E-state index contributed by atoms with van der Waals surface area (Å²) in [5.41, 5.74) is -4.72. The van der Waals surface area contributed by atoms with Crippen LogP contribution >= 0.6 is 23.5 Å². The van der Waals surface area contributed by atoms with Crippen molar-refractivity contribution in [3.8, 4) is 0 Å². The van der Waals surface area contributed by atoms with Gasteiger partial charge in [-0.1, -0.05) is 66.4 Å². The van der Waals surface area contributed by atoms with Crippen LogP contribution in [0.5, 0.6) is 0 Å². The zero-order valence-corrected chi connectivity index (χ0v) is 22.1. The molecule has 1 saturated heterocycles. The van der Waals surface area contributed by atoms with Crippen LogP contribution in [0.3, 0.4) is 0 Å². The number of benzene rings is 3. The Balaban J connectivity index is 1.53. The second kappa shape index (κ2) is 10.2. The van der Waals surface area contributed by atoms with Crippen molar-refractivity contribution in [1.82, 2.24) is 4.90 Å². The first-order valence-corrected chi connectivity index (χ1v) is 13.3. The molecule has 2 heterocycles. The van der Waals surface area contributed by atoms with Gasteiger partial charge in [-0.15, -0.1) is 0 Å². The van der Waals surface area contributed by atoms with Crippen molar-refractivity contribution >= 4 is 46.0 Å². The molecule has 3 aromatic rings. The van der Waals surface area contributed by atoms with Gasteiger partial charge in [-0.3, -0.25) is 9.69 Å². The number of para-hydroxylation sites is 1. The molecule has 0 atom stereocenters. The Bertz CT molecular complexity index is 1490. The minimum atomic E-state index is -6.00. The number of halogens is 6. The van der Waals surface area contributed by atoms with Crippen molar-refractivity contribution in [3.05, 3.63) is 99.9 Å². The maximum Gasteiger partial charge on any atom is 0.430 e. The third kappa shape index (κ3) is 4.86. The largest absolute Gasteiger partial charge is 0.430 e. The Morgan fingerprint density at radius 2 is 1.43 bits per heavy atom. The monoisotopic (exact) mass is 595 g/mol. The fraction of sp³-hybridized carbons (Fsp3) is 0.185. The molecule has 13 heteroatoms. The van der Waals surface area contributed by atoms with E-state index in [0.29, 0.717) is 22.1 Å². The molecule has 0 aromatic heterocycles. The number of rotatable bonds is 4. The van der Waals surface area contributed by atoms with Crippen LogP contribution in [0.1, 0.15) is 11.1 Å². The van der Waals surface area contributed by atoms with Crippen LogP contribution in [0.25, 0.3) is 0 Å². The van der Waals surface area contributed by atoms with Crippen molar-refractivity contribution in [2.45, 2.75) is 29.4 Å². The Morgan fingerprint density at radius 1 is 0.825 bits per heavy atom. The molecule has 0 saturated carbocycles. The summed E-state index contributed by atoms with van der Waals surface area (Å²) in [6.45, 7) is 0.142. The van der Waals surface area contributed by atoms with Gasteiger partial charge in [-0.25, -0.2) is 4.99 Å². The lowest BCUT2D eigenvalue weighted by molar-refractivity contribution is -0.376. The van der Waals surface area contributed by atoms with Crippen molar-refractivity contribution in [3.63, 3.8) is 0 Å². The maximum absolute atomic E-state index is 13.6. The molecule has 5 rings (SSSR count). The SMILES string of the molecule is CN1C(=C2SC(=Nc3ccc(C(O)(C(F)(F)F)C(F)(F)F)cc3)N(Cc3ccccc3)C2=O)Sc2ccccc21. The minimum Gasteiger partial charge on any atom is -0.369 e. The van der Waals surface area contributed by atoms with E-state index in [0.717, 1.165) is 40.0 Å². The van der Waals surface area contributed by atoms with Crippen molar-refractivity contribution in [2.75, 3.05) is 11.9 Å². The lowest BCUT2D eigenvalue weighted by Gasteiger charge is -2.32. The molecule has 1 N–H and O–H groups in total. The second-order valence-electron chi connectivity index (χ2n) is 8.89. The highest BCUT2D eigenvalue weighted by Crippen LogP contribution is 2.51. The Morgan fingerprint density at radius 3 is 2.02 bits per heavy atom. The van der Waals surface area contributed by atoms with Crippen molar-refractivity contribution in [2.24, 2.45) is 4.99 Å². The quantitative estimate of drug-likeness (QED) is 0.256. The highest BCUT2D eigenvalue weighted by Gasteiger charge is 2.71. The number of carbonyl (C=O) groups excluding carboxylic acids is 1. The van der Waals surface area contributed by atoms with E-state index in [-0.39, 0.29) is 23.3 Å². The van der Waals surface area contributed by atoms with Gasteiger partial charge in [0.25, 0.3) is 11.5 Å². The number of anilines is 1. The van der Waals surface area contributed by atoms with Crippen LogP contribution < -0.4 is 4.90 Å². The minimum absolute atomic E-state index is 0.00535. The van der Waals surface area contributed by atoms with Gasteiger partial charge < -0.3 is 10.0 Å². The molecule has 0 unspecified atom stereocenters. The summed E-state index contributed by atoms with van der Waals surface area (Å²) in [7, 11) is 1.83. The highest BCUT2D eigenvalue weighted by atomic mass is 32.2. The lowest BCUT2D eigenvalue weighted by Crippen LogP contribution is -2.53. The van der Waals surface area contributed by atoms with Crippen LogP contribution in [-0.4, -0.2) is 40.5 Å². The molecule has 5 nitrogen and oxygen atoms in total. The number of amides is 1. The average molecular weight is 596 g/mol. The van der Waals surface area contributed by atoms with E-state index in [1.807, 2.05) is 54.4 Å². The second-order valence-corrected chi connectivity index (χ2v) is 10.9. The van der Waals surface area contributed by atoms with E-state index in [9.17, 15) is 36.2 Å². The summed E-state index contributed by atoms with van der Waals surface area (Å²) in [5.74, 6) is -0.338. The number of aliphatic imine (C=N–C) groups is 1. The van der Waals surface area contributed by atoms with E-state index in [2.05, 4.69) is 4.99 Å². The van der Waals surface area contributed by atoms with Gasteiger partial charge in [0.15, 0.2) is 5.17 Å². The Labute approximate surface area is 233 Å². The third-order valence-electron chi connectivity index (χ3n) is 6.31. The number of aliphatic hydroxyl groups is 1. The van der Waals surface area contributed by atoms with E-state index < -0.39 is 23.5 Å². The molecule has 3 aromatic carbocycles. The molecular weight excluding hydrogens is 576 g/mol. The standard InChI is InChI=1S/C27H19F6N3O2S2/c1-35-19-9-5-6-10-20(19)39-23(35)21-22(37)36(15-16-7-3-2-4-8-16)24(40-21)34-18-13-11-17(12-14-18)25(38,26(28,29)30)27(31,32)33/h2-14,38H,15H2,1H3. The fourth-order valence-electron chi connectivity index (χ4n) is 4.20. The van der Waals surface area contributed by atoms with E-state index in [4.69, 9.17) is 0 Å². The molecule has 1 fully saturated rings. The molecule has 0 bridgehead atoms. The smallest absolute Gasteiger partial charge is 0.369 e. The molecule has 0 spiro atoms. The topological polar surface area (TPSA) is 56.1 Å². The van der Waals surface area contributed by atoms with Gasteiger partial charge in [0.2, 0.25) is 0 Å². The number of amidine groups is 1. The van der Waals surface area contributed by atoms with Crippen molar-refractivity contribution < 1.29 is 36.2 Å². The number of hydrogen-bond donors (Lipinski definition) is 1. The summed E-state index contributed by atoms with van der Waals surface area (Å²) in [6.07, 6.45) is -12.0. The summed E-state index contributed by atoms with van der Waals surface area (Å²) < 4.78 is 79.7. The van der Waals surface area contributed by atoms with Crippen LogP contribution in [0, 0.1) is 0 Å². The predicted octanol–water partition coefficient (Wildman–Crippen LogP) is 7.17. The summed E-state index contributed by atoms with van der Waals surface area (Å²) >= 11 is 2.48. The Kier molecular flexibility index (Phi) is 7.17. The van der Waals surface area contributed by atoms with Gasteiger partial charge in [0, 0.05) is 17.5 Å².